The fraction of sp³-hybridized carbons (Fsp3) is 0.682. The molecule has 2 aliphatic heterocycles. The molecule has 4 heteroatoms. The van der Waals surface area contributed by atoms with Crippen molar-refractivity contribution in [3.05, 3.63) is 34.9 Å². The lowest BCUT2D eigenvalue weighted by molar-refractivity contribution is -0.135. The number of thioether (sulfide) groups is 1. The maximum absolute atomic E-state index is 13.6. The summed E-state index contributed by atoms with van der Waals surface area (Å²) in [6.07, 6.45) is 7.32. The molecule has 3 aliphatic rings. The average molecular weight is 373 g/mol. The average Bonchev–Trinajstić information content (AvgIpc) is 2.68. The molecule has 142 valence electrons. The molecule has 2 atom stereocenters. The molecule has 0 saturated carbocycles. The molecule has 1 amide bonds. The van der Waals surface area contributed by atoms with Crippen LogP contribution in [0.25, 0.3) is 0 Å². The number of rotatable bonds is 3. The van der Waals surface area contributed by atoms with Crippen LogP contribution >= 0.6 is 11.8 Å². The van der Waals surface area contributed by atoms with Crippen molar-refractivity contribution in [1.29, 1.82) is 0 Å². The third-order valence-electron chi connectivity index (χ3n) is 6.34. The quantitative estimate of drug-likeness (QED) is 0.805. The second-order valence-corrected chi connectivity index (χ2v) is 9.42. The number of hydrogen-bond donors (Lipinski definition) is 0. The molecule has 2 heterocycles. The number of amides is 1. The lowest BCUT2D eigenvalue weighted by Crippen LogP contribution is -2.53. The van der Waals surface area contributed by atoms with Gasteiger partial charge in [0.25, 0.3) is 0 Å². The lowest BCUT2D eigenvalue weighted by atomic mass is 9.81. The van der Waals surface area contributed by atoms with Crippen molar-refractivity contribution in [3.63, 3.8) is 0 Å². The first-order valence-electron chi connectivity index (χ1n) is 10.4. The summed E-state index contributed by atoms with van der Waals surface area (Å²) in [5, 5.41) is 0. The van der Waals surface area contributed by atoms with Crippen molar-refractivity contribution in [2.45, 2.75) is 57.4 Å². The summed E-state index contributed by atoms with van der Waals surface area (Å²) < 4.78 is 0. The van der Waals surface area contributed by atoms with Gasteiger partial charge >= 0.3 is 0 Å². The summed E-state index contributed by atoms with van der Waals surface area (Å²) in [6.45, 7) is 6.59. The van der Waals surface area contributed by atoms with E-state index in [0.29, 0.717) is 11.9 Å². The summed E-state index contributed by atoms with van der Waals surface area (Å²) in [6, 6.07) is 7.12. The molecule has 2 fully saturated rings. The highest BCUT2D eigenvalue weighted by molar-refractivity contribution is 7.99. The van der Waals surface area contributed by atoms with Gasteiger partial charge in [0.2, 0.25) is 5.91 Å². The fourth-order valence-electron chi connectivity index (χ4n) is 4.91. The number of piperidine rings is 1. The van der Waals surface area contributed by atoms with Gasteiger partial charge in [0.05, 0.1) is 12.0 Å². The van der Waals surface area contributed by atoms with Gasteiger partial charge in [-0.2, -0.15) is 11.8 Å². The Labute approximate surface area is 162 Å². The Balaban J connectivity index is 1.51. The van der Waals surface area contributed by atoms with Crippen molar-refractivity contribution in [3.8, 4) is 0 Å². The predicted octanol–water partition coefficient (Wildman–Crippen LogP) is 3.84. The maximum atomic E-state index is 13.6. The predicted molar refractivity (Wildman–Crippen MR) is 110 cm³/mol. The third kappa shape index (κ3) is 3.96. The molecule has 0 radical (unpaired) electrons. The second kappa shape index (κ2) is 8.35. The Hall–Kier alpha value is -1.00. The van der Waals surface area contributed by atoms with Gasteiger partial charge in [0.1, 0.15) is 0 Å². The molecule has 2 saturated heterocycles. The van der Waals surface area contributed by atoms with E-state index in [0.717, 1.165) is 43.9 Å². The molecule has 0 aromatic heterocycles. The molecule has 0 spiro atoms. The molecule has 26 heavy (non-hydrogen) atoms. The topological polar surface area (TPSA) is 23.6 Å². The van der Waals surface area contributed by atoms with Crippen molar-refractivity contribution < 1.29 is 4.79 Å². The van der Waals surface area contributed by atoms with Gasteiger partial charge in [0.15, 0.2) is 0 Å². The SMILES string of the molecule is Cc1ccc2c(c1)C(C(=O)N1CCSCC1CN1CCCCC1)CCC2. The summed E-state index contributed by atoms with van der Waals surface area (Å²) in [5.41, 5.74) is 4.00. The number of nitrogens with zero attached hydrogens (tertiary/aromatic N) is 2. The highest BCUT2D eigenvalue weighted by Crippen LogP contribution is 2.35. The Morgan fingerprint density at radius 2 is 2.00 bits per heavy atom. The second-order valence-electron chi connectivity index (χ2n) is 8.27. The van der Waals surface area contributed by atoms with Crippen LogP contribution in [0.15, 0.2) is 18.2 Å². The highest BCUT2D eigenvalue weighted by atomic mass is 32.2. The Kier molecular flexibility index (Phi) is 5.90. The van der Waals surface area contributed by atoms with Crippen LogP contribution in [0.3, 0.4) is 0 Å². The minimum atomic E-state index is 0.0885. The largest absolute Gasteiger partial charge is 0.336 e. The zero-order valence-electron chi connectivity index (χ0n) is 16.1. The van der Waals surface area contributed by atoms with E-state index in [4.69, 9.17) is 0 Å². The van der Waals surface area contributed by atoms with Crippen molar-refractivity contribution in [1.82, 2.24) is 9.80 Å². The number of carbonyl (C=O) groups is 1. The van der Waals surface area contributed by atoms with E-state index in [1.807, 2.05) is 11.8 Å². The Morgan fingerprint density at radius 3 is 2.85 bits per heavy atom. The summed E-state index contributed by atoms with van der Waals surface area (Å²) >= 11 is 2.03. The number of benzene rings is 1. The minimum Gasteiger partial charge on any atom is -0.336 e. The van der Waals surface area contributed by atoms with Crippen molar-refractivity contribution in [2.24, 2.45) is 0 Å². The van der Waals surface area contributed by atoms with E-state index in [9.17, 15) is 4.79 Å². The van der Waals surface area contributed by atoms with E-state index in [1.54, 1.807) is 0 Å². The van der Waals surface area contributed by atoms with Gasteiger partial charge in [-0.1, -0.05) is 30.2 Å². The first-order valence-corrected chi connectivity index (χ1v) is 11.6. The standard InChI is InChI=1S/C22H32N2OS/c1-17-8-9-18-6-5-7-20(21(18)14-17)22(25)24-12-13-26-16-19(24)15-23-10-3-2-4-11-23/h8-9,14,19-20H,2-7,10-13,15-16H2,1H3. The van der Waals surface area contributed by atoms with Crippen molar-refractivity contribution in [2.75, 3.05) is 37.7 Å². The summed E-state index contributed by atoms with van der Waals surface area (Å²) in [7, 11) is 0. The van der Waals surface area contributed by atoms with E-state index < -0.39 is 0 Å². The first-order chi connectivity index (χ1) is 12.7. The summed E-state index contributed by atoms with van der Waals surface area (Å²) in [5.74, 6) is 2.69. The van der Waals surface area contributed by atoms with Crippen LogP contribution in [0.1, 0.15) is 54.7 Å². The number of aryl methyl sites for hydroxylation is 2. The number of likely N-dealkylation sites (tertiary alicyclic amines) is 1. The van der Waals surface area contributed by atoms with Gasteiger partial charge in [-0.25, -0.2) is 0 Å². The fourth-order valence-corrected chi connectivity index (χ4v) is 5.96. The van der Waals surface area contributed by atoms with E-state index in [-0.39, 0.29) is 5.92 Å². The highest BCUT2D eigenvalue weighted by Gasteiger charge is 2.35. The van der Waals surface area contributed by atoms with Gasteiger partial charge in [-0.15, -0.1) is 0 Å². The monoisotopic (exact) mass is 372 g/mol. The molecular formula is C22H32N2OS. The lowest BCUT2D eigenvalue weighted by Gasteiger charge is -2.41. The van der Waals surface area contributed by atoms with Crippen LogP contribution in [0.2, 0.25) is 0 Å². The molecule has 2 unspecified atom stereocenters. The van der Waals surface area contributed by atoms with E-state index in [1.165, 1.54) is 49.0 Å². The van der Waals surface area contributed by atoms with Gasteiger partial charge in [0, 0.05) is 24.6 Å². The van der Waals surface area contributed by atoms with Crippen LogP contribution in [0, 0.1) is 6.92 Å². The van der Waals surface area contributed by atoms with Gasteiger partial charge < -0.3 is 9.80 Å². The van der Waals surface area contributed by atoms with Crippen LogP contribution in [-0.2, 0) is 11.2 Å². The zero-order chi connectivity index (χ0) is 17.9. The molecule has 1 aromatic rings. The van der Waals surface area contributed by atoms with E-state index in [2.05, 4.69) is 34.9 Å². The zero-order valence-corrected chi connectivity index (χ0v) is 16.9. The smallest absolute Gasteiger partial charge is 0.230 e. The third-order valence-corrected chi connectivity index (χ3v) is 7.43. The molecule has 1 aromatic carbocycles. The molecule has 0 N–H and O–H groups in total. The molecule has 1 aliphatic carbocycles. The van der Waals surface area contributed by atoms with Gasteiger partial charge in [-0.05, 0) is 63.2 Å². The normalized spacial score (nSPS) is 27.2. The number of fused-ring (bicyclic) bond motifs is 1. The van der Waals surface area contributed by atoms with Crippen molar-refractivity contribution >= 4 is 17.7 Å². The maximum Gasteiger partial charge on any atom is 0.230 e. The Morgan fingerprint density at radius 1 is 1.15 bits per heavy atom. The first kappa shape index (κ1) is 18.4. The van der Waals surface area contributed by atoms with Crippen LogP contribution in [0.5, 0.6) is 0 Å². The molecule has 3 nitrogen and oxygen atoms in total. The number of hydrogen-bond acceptors (Lipinski definition) is 3. The summed E-state index contributed by atoms with van der Waals surface area (Å²) in [4.78, 5) is 18.4. The van der Waals surface area contributed by atoms with Crippen LogP contribution in [-0.4, -0.2) is 59.4 Å². The minimum absolute atomic E-state index is 0.0885. The molecule has 0 bridgehead atoms. The Bertz CT molecular complexity index is 641. The van der Waals surface area contributed by atoms with Crippen LogP contribution < -0.4 is 0 Å². The molecular weight excluding hydrogens is 340 g/mol. The molecule has 4 rings (SSSR count). The number of carbonyl (C=O) groups excluding carboxylic acids is 1. The van der Waals surface area contributed by atoms with E-state index >= 15 is 0 Å². The van der Waals surface area contributed by atoms with Gasteiger partial charge in [-0.3, -0.25) is 4.79 Å². The van der Waals surface area contributed by atoms with Crippen LogP contribution in [0.4, 0.5) is 0 Å².